The third-order valence-electron chi connectivity index (χ3n) is 4.01. The van der Waals surface area contributed by atoms with Gasteiger partial charge in [0.2, 0.25) is 0 Å². The minimum atomic E-state index is -0.0655. The zero-order valence-electron chi connectivity index (χ0n) is 11.8. The summed E-state index contributed by atoms with van der Waals surface area (Å²) in [6.07, 6.45) is 5.24. The smallest absolute Gasteiger partial charge is 0.0977 e. The molecular weight excluding hydrogens is 258 g/mol. The van der Waals surface area contributed by atoms with Gasteiger partial charge in [0.25, 0.3) is 0 Å². The number of ether oxygens (including phenoxy) is 1. The Morgan fingerprint density at radius 1 is 1.32 bits per heavy atom. The normalized spacial score (nSPS) is 26.9. The average Bonchev–Trinajstić information content (AvgIpc) is 2.37. The van der Waals surface area contributed by atoms with Crippen molar-refractivity contribution in [3.05, 3.63) is 34.9 Å². The van der Waals surface area contributed by atoms with Gasteiger partial charge in [0.05, 0.1) is 12.2 Å². The Morgan fingerprint density at radius 2 is 2.05 bits per heavy atom. The molecule has 0 heterocycles. The van der Waals surface area contributed by atoms with Gasteiger partial charge in [0.15, 0.2) is 0 Å². The van der Waals surface area contributed by atoms with Crippen LogP contribution in [0.4, 0.5) is 0 Å². The summed E-state index contributed by atoms with van der Waals surface area (Å²) < 4.78 is 6.32. The Hall–Kier alpha value is -0.570. The van der Waals surface area contributed by atoms with E-state index in [1.54, 1.807) is 0 Å². The van der Waals surface area contributed by atoms with Gasteiger partial charge >= 0.3 is 0 Å². The molecular formula is C16H24ClNO. The molecule has 2 rings (SSSR count). The summed E-state index contributed by atoms with van der Waals surface area (Å²) in [4.78, 5) is 0. The lowest BCUT2D eigenvalue weighted by atomic mass is 9.87. The van der Waals surface area contributed by atoms with Gasteiger partial charge < -0.3 is 10.5 Å². The van der Waals surface area contributed by atoms with Crippen LogP contribution in [0.15, 0.2) is 24.3 Å². The summed E-state index contributed by atoms with van der Waals surface area (Å²) in [6, 6.07) is 7.82. The van der Waals surface area contributed by atoms with E-state index >= 15 is 0 Å². The lowest BCUT2D eigenvalue weighted by Gasteiger charge is -2.34. The van der Waals surface area contributed by atoms with E-state index in [1.165, 1.54) is 19.3 Å². The molecule has 0 bridgehead atoms. The van der Waals surface area contributed by atoms with Crippen molar-refractivity contribution in [2.75, 3.05) is 0 Å². The van der Waals surface area contributed by atoms with Crippen molar-refractivity contribution >= 4 is 11.6 Å². The van der Waals surface area contributed by atoms with Crippen molar-refractivity contribution in [3.63, 3.8) is 0 Å². The monoisotopic (exact) mass is 281 g/mol. The van der Waals surface area contributed by atoms with Crippen molar-refractivity contribution in [3.8, 4) is 0 Å². The van der Waals surface area contributed by atoms with Crippen molar-refractivity contribution in [1.82, 2.24) is 0 Å². The van der Waals surface area contributed by atoms with E-state index in [0.29, 0.717) is 12.0 Å². The highest BCUT2D eigenvalue weighted by molar-refractivity contribution is 6.30. The number of hydrogen-bond donors (Lipinski definition) is 1. The highest BCUT2D eigenvalue weighted by Gasteiger charge is 2.27. The first kappa shape index (κ1) is 14.8. The van der Waals surface area contributed by atoms with E-state index in [9.17, 15) is 0 Å². The van der Waals surface area contributed by atoms with Gasteiger partial charge in [-0.25, -0.2) is 0 Å². The predicted molar refractivity (Wildman–Crippen MR) is 80.3 cm³/mol. The third-order valence-corrected chi connectivity index (χ3v) is 4.24. The summed E-state index contributed by atoms with van der Waals surface area (Å²) in [6.45, 7) is 4.28. The van der Waals surface area contributed by atoms with Crippen molar-refractivity contribution in [2.45, 2.75) is 57.8 Å². The van der Waals surface area contributed by atoms with Crippen LogP contribution in [0.25, 0.3) is 0 Å². The van der Waals surface area contributed by atoms with Crippen molar-refractivity contribution < 1.29 is 4.74 Å². The molecule has 0 spiro atoms. The van der Waals surface area contributed by atoms with Crippen LogP contribution in [-0.4, -0.2) is 12.1 Å². The van der Waals surface area contributed by atoms with Crippen LogP contribution in [0.3, 0.4) is 0 Å². The minimum Gasteiger partial charge on any atom is -0.368 e. The van der Waals surface area contributed by atoms with Crippen LogP contribution in [0, 0.1) is 5.92 Å². The molecule has 1 aliphatic carbocycles. The Labute approximate surface area is 121 Å². The fraction of sp³-hybridized carbons (Fsp3) is 0.625. The quantitative estimate of drug-likeness (QED) is 0.892. The summed E-state index contributed by atoms with van der Waals surface area (Å²) in [5, 5.41) is 0.739. The van der Waals surface area contributed by atoms with Gasteiger partial charge in [-0.1, -0.05) is 43.5 Å². The molecule has 1 fully saturated rings. The van der Waals surface area contributed by atoms with Crippen LogP contribution in [0.5, 0.6) is 0 Å². The van der Waals surface area contributed by atoms with Crippen LogP contribution in [-0.2, 0) is 4.74 Å². The summed E-state index contributed by atoms with van der Waals surface area (Å²) in [5.74, 6) is 0.620. The second-order valence-electron chi connectivity index (χ2n) is 5.77. The fourth-order valence-corrected chi connectivity index (χ4v) is 3.06. The molecule has 1 aromatic rings. The first-order valence-electron chi connectivity index (χ1n) is 7.24. The molecule has 19 heavy (non-hydrogen) atoms. The average molecular weight is 282 g/mol. The van der Waals surface area contributed by atoms with Crippen LogP contribution >= 0.6 is 11.6 Å². The molecule has 0 radical (unpaired) electrons. The van der Waals surface area contributed by atoms with Crippen LogP contribution in [0.2, 0.25) is 5.02 Å². The molecule has 3 heteroatoms. The summed E-state index contributed by atoms with van der Waals surface area (Å²) in [5.41, 5.74) is 7.20. The van der Waals surface area contributed by atoms with E-state index in [4.69, 9.17) is 22.1 Å². The maximum Gasteiger partial charge on any atom is 0.0977 e. The lowest BCUT2D eigenvalue weighted by molar-refractivity contribution is -0.0651. The zero-order valence-corrected chi connectivity index (χ0v) is 12.6. The van der Waals surface area contributed by atoms with Crippen LogP contribution in [0.1, 0.15) is 51.2 Å². The maximum atomic E-state index is 6.32. The van der Waals surface area contributed by atoms with Gasteiger partial charge in [0.1, 0.15) is 0 Å². The minimum absolute atomic E-state index is 0.0346. The topological polar surface area (TPSA) is 35.2 Å². The molecule has 4 atom stereocenters. The Kier molecular flexibility index (Phi) is 5.26. The molecule has 106 valence electrons. The molecule has 0 aliphatic heterocycles. The first-order chi connectivity index (χ1) is 9.08. The summed E-state index contributed by atoms with van der Waals surface area (Å²) >= 11 is 6.07. The molecule has 1 aliphatic rings. The number of nitrogens with two attached hydrogens (primary N) is 1. The third kappa shape index (κ3) is 3.95. The molecule has 1 aromatic carbocycles. The number of benzene rings is 1. The second-order valence-corrected chi connectivity index (χ2v) is 6.21. The van der Waals surface area contributed by atoms with Gasteiger partial charge in [0, 0.05) is 11.1 Å². The molecule has 2 nitrogen and oxygen atoms in total. The van der Waals surface area contributed by atoms with Gasteiger partial charge in [-0.05, 0) is 43.4 Å². The molecule has 4 unspecified atom stereocenters. The SMILES string of the molecule is CC(N)C(OC1CCCCC1C)c1cccc(Cl)c1. The van der Waals surface area contributed by atoms with E-state index in [1.807, 2.05) is 31.2 Å². The van der Waals surface area contributed by atoms with Crippen molar-refractivity contribution in [1.29, 1.82) is 0 Å². The van der Waals surface area contributed by atoms with E-state index in [0.717, 1.165) is 17.0 Å². The van der Waals surface area contributed by atoms with Gasteiger partial charge in [-0.3, -0.25) is 0 Å². The molecule has 2 N–H and O–H groups in total. The maximum absolute atomic E-state index is 6.32. The summed E-state index contributed by atoms with van der Waals surface area (Å²) in [7, 11) is 0. The Balaban J connectivity index is 2.12. The number of rotatable bonds is 4. The molecule has 1 saturated carbocycles. The highest BCUT2D eigenvalue weighted by Crippen LogP contribution is 2.32. The molecule has 0 aromatic heterocycles. The molecule has 0 amide bonds. The first-order valence-corrected chi connectivity index (χ1v) is 7.62. The fourth-order valence-electron chi connectivity index (χ4n) is 2.86. The Bertz CT molecular complexity index is 407. The predicted octanol–water partition coefficient (Wildman–Crippen LogP) is 4.32. The lowest BCUT2D eigenvalue weighted by Crippen LogP contribution is -2.34. The second kappa shape index (κ2) is 6.74. The highest BCUT2D eigenvalue weighted by atomic mass is 35.5. The van der Waals surface area contributed by atoms with Crippen LogP contribution < -0.4 is 5.73 Å². The van der Waals surface area contributed by atoms with E-state index in [-0.39, 0.29) is 12.1 Å². The number of halogens is 1. The molecule has 0 saturated heterocycles. The van der Waals surface area contributed by atoms with E-state index < -0.39 is 0 Å². The standard InChI is InChI=1S/C16H24ClNO/c1-11-6-3-4-9-15(11)19-16(12(2)18)13-7-5-8-14(17)10-13/h5,7-8,10-12,15-16H,3-4,6,9,18H2,1-2H3. The largest absolute Gasteiger partial charge is 0.368 e. The van der Waals surface area contributed by atoms with E-state index in [2.05, 4.69) is 6.92 Å². The Morgan fingerprint density at radius 3 is 2.68 bits per heavy atom. The van der Waals surface area contributed by atoms with Gasteiger partial charge in [-0.15, -0.1) is 0 Å². The number of hydrogen-bond acceptors (Lipinski definition) is 2. The van der Waals surface area contributed by atoms with Crippen molar-refractivity contribution in [2.24, 2.45) is 11.7 Å². The van der Waals surface area contributed by atoms with Gasteiger partial charge in [-0.2, -0.15) is 0 Å². The zero-order chi connectivity index (χ0) is 13.8.